The number of likely N-dealkylation sites (tertiary alicyclic amines) is 1. The molecule has 0 unspecified atom stereocenters. The summed E-state index contributed by atoms with van der Waals surface area (Å²) in [4.78, 5) is 2.66. The Balaban J connectivity index is 1.49. The number of nitrogens with zero attached hydrogens (tertiary/aromatic N) is 5. The Bertz CT molecular complexity index is 437. The Morgan fingerprint density at radius 2 is 1.84 bits per heavy atom. The molecule has 0 amide bonds. The highest BCUT2D eigenvalue weighted by molar-refractivity contribution is 4.94. The molecule has 19 heavy (non-hydrogen) atoms. The second-order valence-electron chi connectivity index (χ2n) is 6.50. The van der Waals surface area contributed by atoms with Crippen LogP contribution >= 0.6 is 0 Å². The van der Waals surface area contributed by atoms with Gasteiger partial charge in [-0.3, -0.25) is 4.90 Å². The molecule has 0 radical (unpaired) electrons. The number of aromatic nitrogens is 4. The van der Waals surface area contributed by atoms with Crippen LogP contribution in [0.5, 0.6) is 0 Å². The molecule has 1 aromatic rings. The standard InChI is InChI=1S/C14H23N5/c1-2-6-13-11(4-1)5-3-9-18(13)10-14-15-16-17-19(14)12-7-8-12/h11-13H,1-10H2/t11-,13+/m0/s1. The van der Waals surface area contributed by atoms with E-state index in [1.807, 2.05) is 0 Å². The lowest BCUT2D eigenvalue weighted by Crippen LogP contribution is -2.46. The van der Waals surface area contributed by atoms with E-state index in [9.17, 15) is 0 Å². The highest BCUT2D eigenvalue weighted by Crippen LogP contribution is 2.37. The molecule has 0 N–H and O–H groups in total. The monoisotopic (exact) mass is 261 g/mol. The summed E-state index contributed by atoms with van der Waals surface area (Å²) in [6, 6.07) is 1.39. The molecule has 0 bridgehead atoms. The lowest BCUT2D eigenvalue weighted by atomic mass is 9.78. The third kappa shape index (κ3) is 2.29. The molecule has 104 valence electrons. The van der Waals surface area contributed by atoms with E-state index in [0.717, 1.165) is 24.3 Å². The summed E-state index contributed by atoms with van der Waals surface area (Å²) in [5, 5.41) is 12.3. The van der Waals surface area contributed by atoms with E-state index in [1.165, 1.54) is 57.9 Å². The Morgan fingerprint density at radius 1 is 1.00 bits per heavy atom. The minimum Gasteiger partial charge on any atom is -0.293 e. The molecule has 0 spiro atoms. The molecule has 5 nitrogen and oxygen atoms in total. The van der Waals surface area contributed by atoms with Crippen LogP contribution in [0.25, 0.3) is 0 Å². The van der Waals surface area contributed by atoms with Crippen molar-refractivity contribution in [2.45, 2.75) is 70.0 Å². The predicted molar refractivity (Wildman–Crippen MR) is 71.5 cm³/mol. The first kappa shape index (κ1) is 11.8. The van der Waals surface area contributed by atoms with E-state index in [0.29, 0.717) is 6.04 Å². The zero-order valence-electron chi connectivity index (χ0n) is 11.5. The summed E-state index contributed by atoms with van der Waals surface area (Å²) < 4.78 is 2.08. The van der Waals surface area contributed by atoms with E-state index in [2.05, 4.69) is 25.1 Å². The smallest absolute Gasteiger partial charge is 0.165 e. The first-order chi connectivity index (χ1) is 9.42. The number of hydrogen-bond acceptors (Lipinski definition) is 4. The van der Waals surface area contributed by atoms with Gasteiger partial charge in [0.05, 0.1) is 12.6 Å². The Morgan fingerprint density at radius 3 is 2.74 bits per heavy atom. The van der Waals surface area contributed by atoms with Gasteiger partial charge >= 0.3 is 0 Å². The lowest BCUT2D eigenvalue weighted by molar-refractivity contribution is 0.0515. The second kappa shape index (κ2) is 4.85. The van der Waals surface area contributed by atoms with Crippen molar-refractivity contribution in [2.75, 3.05) is 6.54 Å². The summed E-state index contributed by atoms with van der Waals surface area (Å²) in [6.07, 6.45) is 11.0. The molecule has 1 aliphatic heterocycles. The minimum absolute atomic E-state index is 0.594. The molecular weight excluding hydrogens is 238 g/mol. The van der Waals surface area contributed by atoms with Gasteiger partial charge in [-0.05, 0) is 61.4 Å². The SMILES string of the molecule is C1CC[C@@H]2[C@@H](C1)CCCN2Cc1nnnn1C1CC1. The Kier molecular flexibility index (Phi) is 3.02. The summed E-state index contributed by atoms with van der Waals surface area (Å²) in [7, 11) is 0. The van der Waals surface area contributed by atoms with Crippen molar-refractivity contribution in [3.63, 3.8) is 0 Å². The van der Waals surface area contributed by atoms with E-state index in [-0.39, 0.29) is 0 Å². The van der Waals surface area contributed by atoms with Crippen molar-refractivity contribution in [2.24, 2.45) is 5.92 Å². The van der Waals surface area contributed by atoms with Crippen molar-refractivity contribution in [1.82, 2.24) is 25.1 Å². The van der Waals surface area contributed by atoms with E-state index >= 15 is 0 Å². The quantitative estimate of drug-likeness (QED) is 0.836. The van der Waals surface area contributed by atoms with Crippen molar-refractivity contribution in [3.8, 4) is 0 Å². The highest BCUT2D eigenvalue weighted by atomic mass is 15.6. The maximum atomic E-state index is 4.27. The predicted octanol–water partition coefficient (Wildman–Crippen LogP) is 2.16. The van der Waals surface area contributed by atoms with Crippen LogP contribution in [-0.4, -0.2) is 37.7 Å². The summed E-state index contributed by atoms with van der Waals surface area (Å²) >= 11 is 0. The molecule has 2 saturated carbocycles. The molecule has 5 heteroatoms. The van der Waals surface area contributed by atoms with Crippen LogP contribution in [0.4, 0.5) is 0 Å². The number of tetrazole rings is 1. The van der Waals surface area contributed by atoms with Crippen molar-refractivity contribution in [1.29, 1.82) is 0 Å². The molecule has 2 aliphatic carbocycles. The van der Waals surface area contributed by atoms with Crippen molar-refractivity contribution < 1.29 is 0 Å². The van der Waals surface area contributed by atoms with E-state index in [1.54, 1.807) is 0 Å². The molecule has 1 saturated heterocycles. The maximum Gasteiger partial charge on any atom is 0.165 e. The van der Waals surface area contributed by atoms with E-state index in [4.69, 9.17) is 0 Å². The van der Waals surface area contributed by atoms with Crippen LogP contribution in [0.1, 0.15) is 63.2 Å². The average Bonchev–Trinajstić information content (AvgIpc) is 3.20. The molecule has 1 aromatic heterocycles. The van der Waals surface area contributed by atoms with Crippen LogP contribution < -0.4 is 0 Å². The van der Waals surface area contributed by atoms with Gasteiger partial charge in [0.15, 0.2) is 5.82 Å². The average molecular weight is 261 g/mol. The van der Waals surface area contributed by atoms with Crippen LogP contribution in [-0.2, 0) is 6.54 Å². The highest BCUT2D eigenvalue weighted by Gasteiger charge is 2.35. The summed E-state index contributed by atoms with van der Waals surface area (Å²) in [5.41, 5.74) is 0. The lowest BCUT2D eigenvalue weighted by Gasteiger charge is -2.43. The second-order valence-corrected chi connectivity index (χ2v) is 6.50. The van der Waals surface area contributed by atoms with Crippen LogP contribution in [0.3, 0.4) is 0 Å². The van der Waals surface area contributed by atoms with Gasteiger partial charge in [0.1, 0.15) is 0 Å². The number of piperidine rings is 1. The first-order valence-electron chi connectivity index (χ1n) is 7.92. The zero-order valence-corrected chi connectivity index (χ0v) is 11.5. The van der Waals surface area contributed by atoms with E-state index < -0.39 is 0 Å². The van der Waals surface area contributed by atoms with Gasteiger partial charge in [0.25, 0.3) is 0 Å². The van der Waals surface area contributed by atoms with Gasteiger partial charge in [-0.1, -0.05) is 12.8 Å². The van der Waals surface area contributed by atoms with Crippen LogP contribution in [0.15, 0.2) is 0 Å². The van der Waals surface area contributed by atoms with Crippen LogP contribution in [0, 0.1) is 5.92 Å². The largest absolute Gasteiger partial charge is 0.293 e. The minimum atomic E-state index is 0.594. The molecule has 4 rings (SSSR count). The Hall–Kier alpha value is -0.970. The van der Waals surface area contributed by atoms with Crippen molar-refractivity contribution >= 4 is 0 Å². The fourth-order valence-corrected chi connectivity index (χ4v) is 4.02. The molecule has 2 atom stereocenters. The third-order valence-corrected chi connectivity index (χ3v) is 5.16. The third-order valence-electron chi connectivity index (χ3n) is 5.16. The maximum absolute atomic E-state index is 4.27. The van der Waals surface area contributed by atoms with Gasteiger partial charge in [-0.15, -0.1) is 5.10 Å². The topological polar surface area (TPSA) is 46.8 Å². The zero-order chi connectivity index (χ0) is 12.7. The summed E-state index contributed by atoms with van der Waals surface area (Å²) in [6.45, 7) is 2.20. The fraction of sp³-hybridized carbons (Fsp3) is 0.929. The number of hydrogen-bond donors (Lipinski definition) is 0. The molecule has 0 aromatic carbocycles. The van der Waals surface area contributed by atoms with Crippen LogP contribution in [0.2, 0.25) is 0 Å². The van der Waals surface area contributed by atoms with Gasteiger partial charge in [0, 0.05) is 6.04 Å². The molecule has 3 fully saturated rings. The number of rotatable bonds is 3. The van der Waals surface area contributed by atoms with Gasteiger partial charge in [-0.25, -0.2) is 4.68 Å². The van der Waals surface area contributed by atoms with Gasteiger partial charge in [-0.2, -0.15) is 0 Å². The van der Waals surface area contributed by atoms with Gasteiger partial charge in [0.2, 0.25) is 0 Å². The summed E-state index contributed by atoms with van der Waals surface area (Å²) in [5.74, 6) is 2.03. The Labute approximate surface area is 114 Å². The first-order valence-corrected chi connectivity index (χ1v) is 7.92. The molecular formula is C14H23N5. The normalized spacial score (nSPS) is 32.2. The van der Waals surface area contributed by atoms with Crippen molar-refractivity contribution in [3.05, 3.63) is 5.82 Å². The molecule has 2 heterocycles. The molecule has 3 aliphatic rings. The van der Waals surface area contributed by atoms with Gasteiger partial charge < -0.3 is 0 Å². The number of fused-ring (bicyclic) bond motifs is 1. The fourth-order valence-electron chi connectivity index (χ4n) is 4.02.